The summed E-state index contributed by atoms with van der Waals surface area (Å²) >= 11 is 0. The summed E-state index contributed by atoms with van der Waals surface area (Å²) in [5.41, 5.74) is 0.607. The van der Waals surface area contributed by atoms with Crippen molar-refractivity contribution in [2.75, 3.05) is 19.8 Å². The Morgan fingerprint density at radius 2 is 1.86 bits per heavy atom. The van der Waals surface area contributed by atoms with E-state index in [0.29, 0.717) is 30.4 Å². The fourth-order valence-electron chi connectivity index (χ4n) is 2.15. The van der Waals surface area contributed by atoms with Crippen LogP contribution in [0.3, 0.4) is 0 Å². The largest absolute Gasteiger partial charge is 0.490 e. The van der Waals surface area contributed by atoms with Crippen LogP contribution >= 0.6 is 0 Å². The van der Waals surface area contributed by atoms with Gasteiger partial charge in [0.15, 0.2) is 6.29 Å². The van der Waals surface area contributed by atoms with Gasteiger partial charge < -0.3 is 9.47 Å². The number of benzene rings is 2. The van der Waals surface area contributed by atoms with Crippen molar-refractivity contribution in [2.24, 2.45) is 5.92 Å². The highest BCUT2D eigenvalue weighted by Crippen LogP contribution is 2.26. The van der Waals surface area contributed by atoms with E-state index < -0.39 is 0 Å². The predicted molar refractivity (Wildman–Crippen MR) is 85.1 cm³/mol. The number of hydrogen-bond acceptors (Lipinski definition) is 3. The van der Waals surface area contributed by atoms with Gasteiger partial charge >= 0.3 is 0 Å². The Labute approximate surface area is 125 Å². The van der Waals surface area contributed by atoms with Crippen molar-refractivity contribution in [3.05, 3.63) is 42.0 Å². The number of ether oxygens (including phenoxy) is 2. The molecule has 0 aliphatic carbocycles. The normalized spacial score (nSPS) is 11.0. The molecular formula is C18H22O3. The van der Waals surface area contributed by atoms with Crippen LogP contribution in [0.4, 0.5) is 0 Å². The van der Waals surface area contributed by atoms with Gasteiger partial charge in [0.1, 0.15) is 12.4 Å². The molecule has 0 amide bonds. The summed E-state index contributed by atoms with van der Waals surface area (Å²) in [7, 11) is 0. The number of aldehydes is 1. The lowest BCUT2D eigenvalue weighted by Gasteiger charge is -2.11. The molecule has 2 rings (SSSR count). The minimum Gasteiger partial charge on any atom is -0.490 e. The first-order valence-corrected chi connectivity index (χ1v) is 7.40. The van der Waals surface area contributed by atoms with Gasteiger partial charge in [0, 0.05) is 6.61 Å². The first-order valence-electron chi connectivity index (χ1n) is 7.40. The molecule has 0 aromatic heterocycles. The van der Waals surface area contributed by atoms with Gasteiger partial charge in [0.2, 0.25) is 0 Å². The summed E-state index contributed by atoms with van der Waals surface area (Å²) in [6.45, 7) is 6.09. The molecule has 0 saturated heterocycles. The van der Waals surface area contributed by atoms with Gasteiger partial charge in [-0.3, -0.25) is 4.79 Å². The third kappa shape index (κ3) is 4.30. The SMILES string of the molecule is CC(C)CCOCCOc1ccc2ccccc2c1C=O. The molecule has 0 radical (unpaired) electrons. The zero-order valence-electron chi connectivity index (χ0n) is 12.7. The number of carbonyl (C=O) groups is 1. The highest BCUT2D eigenvalue weighted by Gasteiger charge is 2.07. The third-order valence-corrected chi connectivity index (χ3v) is 3.37. The van der Waals surface area contributed by atoms with Gasteiger partial charge in [-0.2, -0.15) is 0 Å². The van der Waals surface area contributed by atoms with E-state index in [1.54, 1.807) is 0 Å². The van der Waals surface area contributed by atoms with Crippen LogP contribution in [-0.4, -0.2) is 26.1 Å². The molecule has 0 bridgehead atoms. The van der Waals surface area contributed by atoms with Crippen LogP contribution in [-0.2, 0) is 4.74 Å². The monoisotopic (exact) mass is 286 g/mol. The van der Waals surface area contributed by atoms with Gasteiger partial charge in [-0.05, 0) is 29.2 Å². The summed E-state index contributed by atoms with van der Waals surface area (Å²) in [5, 5.41) is 1.96. The van der Waals surface area contributed by atoms with Crippen molar-refractivity contribution in [3.63, 3.8) is 0 Å². The lowest BCUT2D eigenvalue weighted by molar-refractivity contribution is 0.0918. The molecule has 0 atom stereocenters. The van der Waals surface area contributed by atoms with Crippen molar-refractivity contribution in [1.82, 2.24) is 0 Å². The molecule has 0 aliphatic heterocycles. The fourth-order valence-corrected chi connectivity index (χ4v) is 2.15. The molecule has 2 aromatic rings. The molecule has 2 aromatic carbocycles. The number of fused-ring (bicyclic) bond motifs is 1. The molecule has 0 unspecified atom stereocenters. The Bertz CT molecular complexity index is 590. The highest BCUT2D eigenvalue weighted by atomic mass is 16.5. The fraction of sp³-hybridized carbons (Fsp3) is 0.389. The number of carbonyl (C=O) groups excluding carboxylic acids is 1. The van der Waals surface area contributed by atoms with Crippen molar-refractivity contribution in [1.29, 1.82) is 0 Å². The van der Waals surface area contributed by atoms with Crippen molar-refractivity contribution < 1.29 is 14.3 Å². The van der Waals surface area contributed by atoms with E-state index in [-0.39, 0.29) is 0 Å². The summed E-state index contributed by atoms with van der Waals surface area (Å²) < 4.78 is 11.2. The van der Waals surface area contributed by atoms with E-state index >= 15 is 0 Å². The van der Waals surface area contributed by atoms with E-state index in [0.717, 1.165) is 30.1 Å². The second-order valence-corrected chi connectivity index (χ2v) is 5.46. The number of hydrogen-bond donors (Lipinski definition) is 0. The Balaban J connectivity index is 1.94. The molecule has 0 heterocycles. The topological polar surface area (TPSA) is 35.5 Å². The maximum absolute atomic E-state index is 11.3. The first kappa shape index (κ1) is 15.5. The second kappa shape index (κ2) is 7.79. The van der Waals surface area contributed by atoms with E-state index in [2.05, 4.69) is 13.8 Å². The maximum atomic E-state index is 11.3. The van der Waals surface area contributed by atoms with Crippen molar-refractivity contribution >= 4 is 17.1 Å². The standard InChI is InChI=1S/C18H22O3/c1-14(2)9-10-20-11-12-21-18-8-7-15-5-3-4-6-16(15)17(18)13-19/h3-8,13-14H,9-12H2,1-2H3. The zero-order valence-corrected chi connectivity index (χ0v) is 12.7. The summed E-state index contributed by atoms with van der Waals surface area (Å²) in [6.07, 6.45) is 1.91. The van der Waals surface area contributed by atoms with Crippen LogP contribution in [0, 0.1) is 5.92 Å². The van der Waals surface area contributed by atoms with E-state index in [1.165, 1.54) is 0 Å². The van der Waals surface area contributed by atoms with Gasteiger partial charge in [-0.15, -0.1) is 0 Å². The van der Waals surface area contributed by atoms with Crippen LogP contribution in [0.25, 0.3) is 10.8 Å². The van der Waals surface area contributed by atoms with Crippen LogP contribution in [0.15, 0.2) is 36.4 Å². The Morgan fingerprint density at radius 3 is 2.62 bits per heavy atom. The molecular weight excluding hydrogens is 264 g/mol. The smallest absolute Gasteiger partial charge is 0.154 e. The van der Waals surface area contributed by atoms with Crippen LogP contribution in [0.2, 0.25) is 0 Å². The molecule has 0 fully saturated rings. The Hall–Kier alpha value is -1.87. The molecule has 3 nitrogen and oxygen atoms in total. The van der Waals surface area contributed by atoms with Gasteiger partial charge in [0.05, 0.1) is 12.2 Å². The van der Waals surface area contributed by atoms with Gasteiger partial charge in [-0.1, -0.05) is 44.2 Å². The van der Waals surface area contributed by atoms with Crippen LogP contribution < -0.4 is 4.74 Å². The zero-order chi connectivity index (χ0) is 15.1. The number of rotatable bonds is 8. The van der Waals surface area contributed by atoms with Gasteiger partial charge in [-0.25, -0.2) is 0 Å². The second-order valence-electron chi connectivity index (χ2n) is 5.46. The summed E-state index contributed by atoms with van der Waals surface area (Å²) in [6, 6.07) is 11.6. The minimum atomic E-state index is 0.456. The highest BCUT2D eigenvalue weighted by molar-refractivity contribution is 6.00. The van der Waals surface area contributed by atoms with Gasteiger partial charge in [0.25, 0.3) is 0 Å². The Morgan fingerprint density at radius 1 is 1.05 bits per heavy atom. The Kier molecular flexibility index (Phi) is 5.76. The quantitative estimate of drug-likeness (QED) is 0.541. The molecule has 0 N–H and O–H groups in total. The average molecular weight is 286 g/mol. The van der Waals surface area contributed by atoms with Crippen LogP contribution in [0.1, 0.15) is 30.6 Å². The van der Waals surface area contributed by atoms with Crippen molar-refractivity contribution in [2.45, 2.75) is 20.3 Å². The lowest BCUT2D eigenvalue weighted by atomic mass is 10.0. The van der Waals surface area contributed by atoms with Crippen molar-refractivity contribution in [3.8, 4) is 5.75 Å². The summed E-state index contributed by atoms with van der Waals surface area (Å²) in [4.78, 5) is 11.3. The van der Waals surface area contributed by atoms with E-state index in [9.17, 15) is 4.79 Å². The van der Waals surface area contributed by atoms with E-state index in [1.807, 2.05) is 36.4 Å². The van der Waals surface area contributed by atoms with E-state index in [4.69, 9.17) is 9.47 Å². The first-order chi connectivity index (χ1) is 10.2. The lowest BCUT2D eigenvalue weighted by Crippen LogP contribution is -2.09. The maximum Gasteiger partial charge on any atom is 0.154 e. The molecule has 0 saturated carbocycles. The molecule has 0 aliphatic rings. The molecule has 0 spiro atoms. The predicted octanol–water partition coefficient (Wildman–Crippen LogP) is 4.09. The summed E-state index contributed by atoms with van der Waals surface area (Å²) in [5.74, 6) is 1.27. The average Bonchev–Trinajstić information content (AvgIpc) is 2.50. The minimum absolute atomic E-state index is 0.456. The molecule has 112 valence electrons. The third-order valence-electron chi connectivity index (χ3n) is 3.37. The molecule has 21 heavy (non-hydrogen) atoms. The van der Waals surface area contributed by atoms with Crippen LogP contribution in [0.5, 0.6) is 5.75 Å². The molecule has 3 heteroatoms.